The lowest BCUT2D eigenvalue weighted by Crippen LogP contribution is -2.24. The van der Waals surface area contributed by atoms with Crippen molar-refractivity contribution < 1.29 is 9.59 Å². The van der Waals surface area contributed by atoms with Gasteiger partial charge in [0.15, 0.2) is 5.13 Å². The first kappa shape index (κ1) is 28.8. The van der Waals surface area contributed by atoms with Crippen LogP contribution in [0.2, 0.25) is 0 Å². The summed E-state index contributed by atoms with van der Waals surface area (Å²) in [6.45, 7) is 4.62. The minimum atomic E-state index is -0.222. The Bertz CT molecular complexity index is 1240. The number of benzene rings is 2. The van der Waals surface area contributed by atoms with E-state index in [2.05, 4.69) is 57.4 Å². The van der Waals surface area contributed by atoms with Gasteiger partial charge in [0.1, 0.15) is 6.29 Å². The van der Waals surface area contributed by atoms with Crippen LogP contribution in [0.4, 0.5) is 5.13 Å². The Kier molecular flexibility index (Phi) is 12.5. The first-order chi connectivity index (χ1) is 17.6. The van der Waals surface area contributed by atoms with E-state index in [9.17, 15) is 9.59 Å². The number of thiazole rings is 1. The van der Waals surface area contributed by atoms with E-state index in [1.165, 1.54) is 23.1 Å². The normalized spacial score (nSPS) is 9.81. The van der Waals surface area contributed by atoms with Gasteiger partial charge in [-0.25, -0.2) is 4.98 Å². The molecule has 4 N–H and O–H groups in total. The van der Waals surface area contributed by atoms with Gasteiger partial charge in [-0.15, -0.1) is 11.3 Å². The summed E-state index contributed by atoms with van der Waals surface area (Å²) in [4.78, 5) is 25.8. The van der Waals surface area contributed by atoms with Gasteiger partial charge >= 0.3 is 0 Å². The minimum absolute atomic E-state index is 0.0588. The van der Waals surface area contributed by atoms with Gasteiger partial charge in [0.25, 0.3) is 5.91 Å². The van der Waals surface area contributed by atoms with Crippen molar-refractivity contribution in [1.29, 1.82) is 0 Å². The molecule has 0 unspecified atom stereocenters. The molecule has 0 spiro atoms. The van der Waals surface area contributed by atoms with Gasteiger partial charge in [-0.2, -0.15) is 0 Å². The van der Waals surface area contributed by atoms with Crippen LogP contribution < -0.4 is 16.4 Å². The molecule has 7 nitrogen and oxygen atoms in total. The number of anilines is 1. The monoisotopic (exact) mass is 523 g/mol. The van der Waals surface area contributed by atoms with Crippen LogP contribution in [-0.4, -0.2) is 41.0 Å². The predicted octanol–water partition coefficient (Wildman–Crippen LogP) is 5.55. The molecule has 4 rings (SSSR count). The topological polar surface area (TPSA) is 102 Å². The Morgan fingerprint density at radius 2 is 1.81 bits per heavy atom. The largest absolute Gasteiger partial charge is 0.365 e. The van der Waals surface area contributed by atoms with Crippen molar-refractivity contribution in [2.45, 2.75) is 20.4 Å². The Morgan fingerprint density at radius 1 is 1.11 bits per heavy atom. The van der Waals surface area contributed by atoms with E-state index in [1.54, 1.807) is 29.8 Å². The zero-order valence-electron chi connectivity index (χ0n) is 21.0. The summed E-state index contributed by atoms with van der Waals surface area (Å²) in [5, 5.41) is 8.53. The van der Waals surface area contributed by atoms with E-state index in [4.69, 9.17) is 5.73 Å². The zero-order valence-corrected chi connectivity index (χ0v) is 22.7. The lowest BCUT2D eigenvalue weighted by Gasteiger charge is -2.06. The molecule has 0 saturated carbocycles. The summed E-state index contributed by atoms with van der Waals surface area (Å²) >= 11 is 3.11. The molecule has 0 aliphatic rings. The fourth-order valence-electron chi connectivity index (χ4n) is 3.12. The van der Waals surface area contributed by atoms with Crippen molar-refractivity contribution in [2.24, 2.45) is 5.73 Å². The van der Waals surface area contributed by atoms with E-state index in [0.29, 0.717) is 18.4 Å². The van der Waals surface area contributed by atoms with Crippen LogP contribution in [0.1, 0.15) is 29.8 Å². The summed E-state index contributed by atoms with van der Waals surface area (Å²) < 4.78 is 1.82. The van der Waals surface area contributed by atoms with Crippen LogP contribution in [0.5, 0.6) is 0 Å². The number of aldehydes is 1. The third-order valence-corrected chi connectivity index (χ3v) is 6.37. The van der Waals surface area contributed by atoms with Crippen molar-refractivity contribution in [2.75, 3.05) is 25.2 Å². The predicted molar refractivity (Wildman–Crippen MR) is 154 cm³/mol. The third kappa shape index (κ3) is 8.37. The van der Waals surface area contributed by atoms with Gasteiger partial charge in [-0.3, -0.25) is 8.77 Å². The van der Waals surface area contributed by atoms with Crippen LogP contribution in [0, 0.1) is 0 Å². The van der Waals surface area contributed by atoms with Gasteiger partial charge in [-0.1, -0.05) is 50.2 Å². The molecule has 0 bridgehead atoms. The number of nitrogens with two attached hydrogens (primary N) is 1. The van der Waals surface area contributed by atoms with Gasteiger partial charge in [0.2, 0.25) is 0 Å². The number of hydrogen-bond donors (Lipinski definition) is 3. The third-order valence-electron chi connectivity index (χ3n) is 4.86. The highest BCUT2D eigenvalue weighted by atomic mass is 32.2. The number of nitrogens with one attached hydrogen (secondary N) is 2. The quantitative estimate of drug-likeness (QED) is 0.262. The Hall–Kier alpha value is -3.40. The molecule has 0 fully saturated rings. The van der Waals surface area contributed by atoms with Crippen LogP contribution >= 0.6 is 23.3 Å². The molecule has 9 heteroatoms. The lowest BCUT2D eigenvalue weighted by atomic mass is 10.0. The average Bonchev–Trinajstić information content (AvgIpc) is 3.63. The molecule has 190 valence electrons. The standard InChI is InChI=1S/C17H17N3S.C8H10N2O2S.C2H6/c1-19-17-20-16(11-21-17)15-7-3-6-14(9-15)13-5-2-4-12(8-13)10-18;1-13-10-4-2-7(6-10)8(12)9-3-5-11;1-2/h2-9,11H,10,18H2,1H3,(H,19,20);2,4-6H,3H2,1H3,(H,9,12);1-2H3. The number of nitrogens with zero attached hydrogens (tertiary/aromatic N) is 2. The van der Waals surface area contributed by atoms with Crippen LogP contribution in [0.25, 0.3) is 22.4 Å². The molecule has 36 heavy (non-hydrogen) atoms. The van der Waals surface area contributed by atoms with E-state index < -0.39 is 0 Å². The molecule has 0 aliphatic heterocycles. The molecular weight excluding hydrogens is 490 g/mol. The Morgan fingerprint density at radius 3 is 2.42 bits per heavy atom. The number of aromatic nitrogens is 2. The number of hydrogen-bond acceptors (Lipinski definition) is 7. The fourth-order valence-corrected chi connectivity index (χ4v) is 4.20. The van der Waals surface area contributed by atoms with Crippen molar-refractivity contribution in [3.05, 3.63) is 83.5 Å². The van der Waals surface area contributed by atoms with Crippen molar-refractivity contribution in [3.63, 3.8) is 0 Å². The van der Waals surface area contributed by atoms with Gasteiger partial charge < -0.3 is 21.2 Å². The summed E-state index contributed by atoms with van der Waals surface area (Å²) in [6.07, 6.45) is 6.07. The maximum atomic E-state index is 11.2. The summed E-state index contributed by atoms with van der Waals surface area (Å²) in [6, 6.07) is 18.5. The molecule has 0 aliphatic carbocycles. The van der Waals surface area contributed by atoms with E-state index in [-0.39, 0.29) is 12.5 Å². The van der Waals surface area contributed by atoms with E-state index >= 15 is 0 Å². The van der Waals surface area contributed by atoms with Gasteiger partial charge in [0, 0.05) is 43.2 Å². The highest BCUT2D eigenvalue weighted by Gasteiger charge is 2.06. The second-order valence-electron chi connectivity index (χ2n) is 7.09. The molecular formula is C27H33N5O2S2. The van der Waals surface area contributed by atoms with Crippen molar-refractivity contribution in [1.82, 2.24) is 14.3 Å². The van der Waals surface area contributed by atoms with E-state index in [0.717, 1.165) is 22.0 Å². The number of carbonyl (C=O) groups is 2. The first-order valence-corrected chi connectivity index (χ1v) is 13.6. The van der Waals surface area contributed by atoms with Crippen LogP contribution in [0.3, 0.4) is 0 Å². The average molecular weight is 524 g/mol. The Balaban J connectivity index is 0.000000262. The van der Waals surface area contributed by atoms with Gasteiger partial charge in [0.05, 0.1) is 17.8 Å². The minimum Gasteiger partial charge on any atom is -0.365 e. The maximum absolute atomic E-state index is 11.2. The molecule has 0 radical (unpaired) electrons. The number of carbonyl (C=O) groups excluding carboxylic acids is 2. The van der Waals surface area contributed by atoms with Gasteiger partial charge in [-0.05, 0) is 46.8 Å². The highest BCUT2D eigenvalue weighted by molar-refractivity contribution is 7.97. The fraction of sp³-hybridized carbons (Fsp3) is 0.222. The molecule has 0 atom stereocenters. The molecule has 2 aromatic heterocycles. The van der Waals surface area contributed by atoms with Crippen LogP contribution in [-0.2, 0) is 11.3 Å². The SMILES string of the molecule is CC.CNc1nc(-c2cccc(-c3cccc(CN)c3)c2)cs1.CSn1ccc(C(=O)NCC=O)c1. The van der Waals surface area contributed by atoms with Crippen LogP contribution in [0.15, 0.2) is 72.4 Å². The highest BCUT2D eigenvalue weighted by Crippen LogP contribution is 2.29. The molecule has 2 heterocycles. The number of rotatable bonds is 8. The second kappa shape index (κ2) is 15.6. The zero-order chi connectivity index (χ0) is 26.3. The molecule has 0 saturated heterocycles. The first-order valence-electron chi connectivity index (χ1n) is 11.5. The molecule has 1 amide bonds. The lowest BCUT2D eigenvalue weighted by molar-refractivity contribution is -0.107. The summed E-state index contributed by atoms with van der Waals surface area (Å²) in [5.41, 5.74) is 11.9. The Labute approximate surface area is 221 Å². The van der Waals surface area contributed by atoms with Crippen molar-refractivity contribution in [3.8, 4) is 22.4 Å². The summed E-state index contributed by atoms with van der Waals surface area (Å²) in [7, 11) is 1.89. The number of amides is 1. The smallest absolute Gasteiger partial charge is 0.253 e. The molecule has 2 aromatic carbocycles. The second-order valence-corrected chi connectivity index (χ2v) is 8.74. The molecule has 4 aromatic rings. The maximum Gasteiger partial charge on any atom is 0.253 e. The van der Waals surface area contributed by atoms with Crippen molar-refractivity contribution >= 4 is 40.6 Å². The summed E-state index contributed by atoms with van der Waals surface area (Å²) in [5.74, 6) is -0.222. The van der Waals surface area contributed by atoms with E-state index in [1.807, 2.05) is 43.3 Å².